The number of amides is 1. The van der Waals surface area contributed by atoms with Crippen molar-refractivity contribution in [2.45, 2.75) is 19.3 Å². The lowest BCUT2D eigenvalue weighted by molar-refractivity contribution is -0.118. The molecule has 2 rings (SSSR count). The Morgan fingerprint density at radius 1 is 1.29 bits per heavy atom. The maximum absolute atomic E-state index is 10.7. The number of carbonyl (C=O) groups excluding carboxylic acids is 1. The van der Waals surface area contributed by atoms with Crippen LogP contribution in [0.2, 0.25) is 0 Å². The van der Waals surface area contributed by atoms with Crippen molar-refractivity contribution in [3.63, 3.8) is 0 Å². The van der Waals surface area contributed by atoms with Crippen LogP contribution < -0.4 is 15.2 Å². The van der Waals surface area contributed by atoms with E-state index in [1.807, 2.05) is 6.07 Å². The number of nitrogens with two attached hydrogens (primary N) is 1. The average Bonchev–Trinajstić information content (AvgIpc) is 2.95. The van der Waals surface area contributed by atoms with Crippen LogP contribution in [0.15, 0.2) is 22.7 Å². The average molecular weight is 291 g/mol. The Labute approximate surface area is 122 Å². The molecule has 21 heavy (non-hydrogen) atoms. The molecule has 0 bridgehead atoms. The van der Waals surface area contributed by atoms with E-state index in [4.69, 9.17) is 19.7 Å². The molecule has 0 aliphatic heterocycles. The highest BCUT2D eigenvalue weighted by Gasteiger charge is 2.12. The van der Waals surface area contributed by atoms with Gasteiger partial charge in [-0.1, -0.05) is 5.16 Å². The van der Waals surface area contributed by atoms with Crippen LogP contribution >= 0.6 is 0 Å². The number of hydrogen-bond donors (Lipinski definition) is 1. The zero-order chi connectivity index (χ0) is 15.2. The number of primary amides is 1. The third kappa shape index (κ3) is 3.71. The SMILES string of the molecule is COc1ccc(-c2noc(CCCC(N)=O)n2)cc1OC. The molecule has 1 amide bonds. The van der Waals surface area contributed by atoms with Gasteiger partial charge >= 0.3 is 0 Å². The van der Waals surface area contributed by atoms with E-state index in [9.17, 15) is 4.79 Å². The van der Waals surface area contributed by atoms with Crippen LogP contribution in [0.1, 0.15) is 18.7 Å². The first-order valence-corrected chi connectivity index (χ1v) is 6.47. The van der Waals surface area contributed by atoms with Crippen molar-refractivity contribution >= 4 is 5.91 Å². The zero-order valence-electron chi connectivity index (χ0n) is 12.0. The van der Waals surface area contributed by atoms with Gasteiger partial charge in [-0.05, 0) is 24.6 Å². The molecule has 0 unspecified atom stereocenters. The van der Waals surface area contributed by atoms with Gasteiger partial charge in [0, 0.05) is 18.4 Å². The fraction of sp³-hybridized carbons (Fsp3) is 0.357. The highest BCUT2D eigenvalue weighted by molar-refractivity contribution is 5.73. The number of carbonyl (C=O) groups is 1. The third-order valence-electron chi connectivity index (χ3n) is 2.92. The molecule has 7 nitrogen and oxygen atoms in total. The molecule has 2 aromatic rings. The Balaban J connectivity index is 2.12. The molecule has 0 radical (unpaired) electrons. The lowest BCUT2D eigenvalue weighted by Gasteiger charge is -2.07. The Morgan fingerprint density at radius 2 is 2.05 bits per heavy atom. The number of rotatable bonds is 7. The Morgan fingerprint density at radius 3 is 2.71 bits per heavy atom. The number of aromatic nitrogens is 2. The molecular weight excluding hydrogens is 274 g/mol. The van der Waals surface area contributed by atoms with Crippen LogP contribution in [0, 0.1) is 0 Å². The van der Waals surface area contributed by atoms with Crippen molar-refractivity contribution in [2.24, 2.45) is 5.73 Å². The largest absolute Gasteiger partial charge is 0.493 e. The Hall–Kier alpha value is -2.57. The second-order valence-corrected chi connectivity index (χ2v) is 4.40. The van der Waals surface area contributed by atoms with Crippen molar-refractivity contribution in [3.05, 3.63) is 24.1 Å². The van der Waals surface area contributed by atoms with Gasteiger partial charge in [0.2, 0.25) is 17.6 Å². The molecule has 0 aliphatic rings. The second-order valence-electron chi connectivity index (χ2n) is 4.40. The van der Waals surface area contributed by atoms with Gasteiger partial charge in [-0.3, -0.25) is 4.79 Å². The van der Waals surface area contributed by atoms with Gasteiger partial charge in [0.15, 0.2) is 11.5 Å². The molecule has 1 aromatic heterocycles. The van der Waals surface area contributed by atoms with Crippen LogP contribution in [0.5, 0.6) is 11.5 Å². The van der Waals surface area contributed by atoms with E-state index >= 15 is 0 Å². The smallest absolute Gasteiger partial charge is 0.226 e. The monoisotopic (exact) mass is 291 g/mol. The lowest BCUT2D eigenvalue weighted by Crippen LogP contribution is -2.10. The van der Waals surface area contributed by atoms with E-state index in [1.54, 1.807) is 26.4 Å². The van der Waals surface area contributed by atoms with Crippen molar-refractivity contribution < 1.29 is 18.8 Å². The summed E-state index contributed by atoms with van der Waals surface area (Å²) in [4.78, 5) is 15.0. The van der Waals surface area contributed by atoms with E-state index < -0.39 is 0 Å². The summed E-state index contributed by atoms with van der Waals surface area (Å²) < 4.78 is 15.6. The van der Waals surface area contributed by atoms with E-state index in [-0.39, 0.29) is 5.91 Å². The highest BCUT2D eigenvalue weighted by atomic mass is 16.5. The maximum atomic E-state index is 10.7. The van der Waals surface area contributed by atoms with Gasteiger partial charge in [-0.15, -0.1) is 0 Å². The first kappa shape index (κ1) is 14.8. The third-order valence-corrected chi connectivity index (χ3v) is 2.92. The summed E-state index contributed by atoms with van der Waals surface area (Å²) >= 11 is 0. The molecule has 112 valence electrons. The number of methoxy groups -OCH3 is 2. The van der Waals surface area contributed by atoms with Crippen LogP contribution in [0.4, 0.5) is 0 Å². The molecule has 0 spiro atoms. The molecule has 0 atom stereocenters. The Bertz CT molecular complexity index is 624. The van der Waals surface area contributed by atoms with Crippen molar-refractivity contribution in [2.75, 3.05) is 14.2 Å². The molecule has 2 N–H and O–H groups in total. The normalized spacial score (nSPS) is 10.4. The maximum Gasteiger partial charge on any atom is 0.226 e. The molecule has 0 saturated carbocycles. The van der Waals surface area contributed by atoms with Gasteiger partial charge < -0.3 is 19.7 Å². The molecule has 0 aliphatic carbocycles. The van der Waals surface area contributed by atoms with Gasteiger partial charge in [-0.25, -0.2) is 0 Å². The minimum Gasteiger partial charge on any atom is -0.493 e. The molecule has 1 heterocycles. The van der Waals surface area contributed by atoms with E-state index in [2.05, 4.69) is 10.1 Å². The van der Waals surface area contributed by atoms with Gasteiger partial charge in [0.1, 0.15) is 0 Å². The predicted molar refractivity (Wildman–Crippen MR) is 75.0 cm³/mol. The number of ether oxygens (including phenoxy) is 2. The van der Waals surface area contributed by atoms with Crippen molar-refractivity contribution in [1.29, 1.82) is 0 Å². The van der Waals surface area contributed by atoms with E-state index in [1.165, 1.54) is 0 Å². The van der Waals surface area contributed by atoms with Crippen molar-refractivity contribution in [1.82, 2.24) is 10.1 Å². The van der Waals surface area contributed by atoms with Gasteiger partial charge in [-0.2, -0.15) is 4.98 Å². The summed E-state index contributed by atoms with van der Waals surface area (Å²) in [5, 5.41) is 3.92. The first-order valence-electron chi connectivity index (χ1n) is 6.47. The number of aryl methyl sites for hydroxylation is 1. The number of hydrogen-bond acceptors (Lipinski definition) is 6. The number of benzene rings is 1. The summed E-state index contributed by atoms with van der Waals surface area (Å²) in [6.07, 6.45) is 1.40. The minimum atomic E-state index is -0.338. The summed E-state index contributed by atoms with van der Waals surface area (Å²) in [7, 11) is 3.13. The fourth-order valence-corrected chi connectivity index (χ4v) is 1.86. The highest BCUT2D eigenvalue weighted by Crippen LogP contribution is 2.31. The summed E-state index contributed by atoms with van der Waals surface area (Å²) in [6, 6.07) is 5.37. The first-order chi connectivity index (χ1) is 10.1. The topological polar surface area (TPSA) is 100 Å². The van der Waals surface area contributed by atoms with Crippen LogP contribution in [0.3, 0.4) is 0 Å². The summed E-state index contributed by atoms with van der Waals surface area (Å²) in [5.74, 6) is 1.82. The Kier molecular flexibility index (Phi) is 4.76. The van der Waals surface area contributed by atoms with Crippen molar-refractivity contribution in [3.8, 4) is 22.9 Å². The molecule has 7 heteroatoms. The van der Waals surface area contributed by atoms with E-state index in [0.29, 0.717) is 42.5 Å². The summed E-state index contributed by atoms with van der Waals surface area (Å²) in [6.45, 7) is 0. The molecular formula is C14H17N3O4. The molecule has 1 aromatic carbocycles. The minimum absolute atomic E-state index is 0.300. The lowest BCUT2D eigenvalue weighted by atomic mass is 10.2. The standard InChI is InChI=1S/C14H17N3O4/c1-19-10-7-6-9(8-11(10)20-2)14-16-13(21-17-14)5-3-4-12(15)18/h6-8H,3-5H2,1-2H3,(H2,15,18). The second kappa shape index (κ2) is 6.74. The number of nitrogens with zero attached hydrogens (tertiary/aromatic N) is 2. The van der Waals surface area contributed by atoms with E-state index in [0.717, 1.165) is 5.56 Å². The van der Waals surface area contributed by atoms with Crippen LogP contribution in [0.25, 0.3) is 11.4 Å². The molecule has 0 fully saturated rings. The quantitative estimate of drug-likeness (QED) is 0.830. The predicted octanol–water partition coefficient (Wildman–Crippen LogP) is 1.56. The van der Waals surface area contributed by atoms with Gasteiger partial charge in [0.05, 0.1) is 14.2 Å². The van der Waals surface area contributed by atoms with Crippen LogP contribution in [-0.4, -0.2) is 30.3 Å². The molecule has 0 saturated heterocycles. The van der Waals surface area contributed by atoms with Gasteiger partial charge in [0.25, 0.3) is 0 Å². The fourth-order valence-electron chi connectivity index (χ4n) is 1.86. The van der Waals surface area contributed by atoms with Crippen LogP contribution in [-0.2, 0) is 11.2 Å². The summed E-state index contributed by atoms with van der Waals surface area (Å²) in [5.41, 5.74) is 5.84. The zero-order valence-corrected chi connectivity index (χ0v) is 12.0.